The number of rotatable bonds is 5. The van der Waals surface area contributed by atoms with Gasteiger partial charge in [0.15, 0.2) is 0 Å². The average Bonchev–Trinajstić information content (AvgIpc) is 2.92. The molecular formula is C14H23N5O2S. The van der Waals surface area contributed by atoms with Crippen LogP contribution >= 0.6 is 0 Å². The Balaban J connectivity index is 2.35. The normalized spacial score (nSPS) is 12.3. The molecule has 122 valence electrons. The molecule has 0 spiro atoms. The molecule has 0 amide bonds. The number of sulfonamides is 1. The maximum absolute atomic E-state index is 12.7. The van der Waals surface area contributed by atoms with Crippen molar-refractivity contribution in [2.45, 2.75) is 45.7 Å². The largest absolute Gasteiger partial charge is 0.274 e. The molecule has 0 saturated carbocycles. The van der Waals surface area contributed by atoms with E-state index in [-0.39, 0.29) is 4.90 Å². The van der Waals surface area contributed by atoms with Crippen LogP contribution in [0.25, 0.3) is 0 Å². The first kappa shape index (κ1) is 16.7. The minimum Gasteiger partial charge on any atom is -0.274 e. The molecule has 0 bridgehead atoms. The van der Waals surface area contributed by atoms with Crippen LogP contribution in [0.5, 0.6) is 0 Å². The number of nitrogens with zero attached hydrogens (tertiary/aromatic N) is 5. The smallest absolute Gasteiger partial charge is 0.246 e. The molecule has 22 heavy (non-hydrogen) atoms. The molecule has 7 nitrogen and oxygen atoms in total. The molecule has 2 heterocycles. The highest BCUT2D eigenvalue weighted by Crippen LogP contribution is 2.22. The van der Waals surface area contributed by atoms with Crippen LogP contribution in [0, 0.1) is 20.8 Å². The van der Waals surface area contributed by atoms with Crippen LogP contribution in [0.4, 0.5) is 0 Å². The maximum atomic E-state index is 12.7. The summed E-state index contributed by atoms with van der Waals surface area (Å²) < 4.78 is 30.2. The molecule has 2 rings (SSSR count). The van der Waals surface area contributed by atoms with Crippen molar-refractivity contribution in [2.75, 3.05) is 7.05 Å². The summed E-state index contributed by atoms with van der Waals surface area (Å²) in [7, 11) is -0.264. The quantitative estimate of drug-likeness (QED) is 0.832. The van der Waals surface area contributed by atoms with Gasteiger partial charge in [-0.15, -0.1) is 0 Å². The van der Waals surface area contributed by atoms with E-state index in [1.54, 1.807) is 21.0 Å². The Bertz CT molecular complexity index is 789. The van der Waals surface area contributed by atoms with E-state index in [4.69, 9.17) is 0 Å². The summed E-state index contributed by atoms with van der Waals surface area (Å²) in [6.45, 7) is 8.66. The van der Waals surface area contributed by atoms with Crippen molar-refractivity contribution in [1.29, 1.82) is 0 Å². The molecule has 2 aromatic heterocycles. The summed E-state index contributed by atoms with van der Waals surface area (Å²) in [6, 6.07) is 0. The SMILES string of the molecule is CCn1nc(C)c(CN(C)S(=O)(=O)c2cn(C)nc2C)c1C. The molecule has 0 radical (unpaired) electrons. The van der Waals surface area contributed by atoms with Gasteiger partial charge in [0.1, 0.15) is 4.90 Å². The van der Waals surface area contributed by atoms with Crippen LogP contribution in [-0.4, -0.2) is 39.3 Å². The van der Waals surface area contributed by atoms with Crippen molar-refractivity contribution in [3.8, 4) is 0 Å². The van der Waals surface area contributed by atoms with Gasteiger partial charge in [0.2, 0.25) is 10.0 Å². The highest BCUT2D eigenvalue weighted by atomic mass is 32.2. The van der Waals surface area contributed by atoms with Crippen LogP contribution in [-0.2, 0) is 30.2 Å². The molecule has 0 aliphatic rings. The van der Waals surface area contributed by atoms with Gasteiger partial charge < -0.3 is 0 Å². The van der Waals surface area contributed by atoms with Gasteiger partial charge in [0.05, 0.1) is 11.4 Å². The van der Waals surface area contributed by atoms with E-state index in [0.29, 0.717) is 12.2 Å². The first-order valence-corrected chi connectivity index (χ1v) is 8.62. The van der Waals surface area contributed by atoms with Crippen molar-refractivity contribution in [2.24, 2.45) is 7.05 Å². The van der Waals surface area contributed by atoms with Crippen LogP contribution in [0.3, 0.4) is 0 Å². The maximum Gasteiger partial charge on any atom is 0.246 e. The summed E-state index contributed by atoms with van der Waals surface area (Å²) in [5, 5.41) is 8.55. The lowest BCUT2D eigenvalue weighted by Crippen LogP contribution is -2.27. The Morgan fingerprint density at radius 1 is 1.18 bits per heavy atom. The second kappa shape index (κ2) is 5.85. The molecule has 0 atom stereocenters. The second-order valence-corrected chi connectivity index (χ2v) is 7.49. The van der Waals surface area contributed by atoms with E-state index < -0.39 is 10.0 Å². The van der Waals surface area contributed by atoms with Gasteiger partial charge in [0.25, 0.3) is 0 Å². The third kappa shape index (κ3) is 2.80. The highest BCUT2D eigenvalue weighted by molar-refractivity contribution is 7.89. The van der Waals surface area contributed by atoms with Crippen LogP contribution in [0.2, 0.25) is 0 Å². The number of aromatic nitrogens is 4. The van der Waals surface area contributed by atoms with Crippen molar-refractivity contribution in [1.82, 2.24) is 23.9 Å². The van der Waals surface area contributed by atoms with E-state index in [1.807, 2.05) is 25.5 Å². The lowest BCUT2D eigenvalue weighted by atomic mass is 10.2. The summed E-state index contributed by atoms with van der Waals surface area (Å²) in [6.07, 6.45) is 1.54. The van der Waals surface area contributed by atoms with E-state index in [9.17, 15) is 8.42 Å². The third-order valence-electron chi connectivity index (χ3n) is 3.87. The van der Waals surface area contributed by atoms with E-state index in [1.165, 1.54) is 15.2 Å². The molecule has 0 fully saturated rings. The summed E-state index contributed by atoms with van der Waals surface area (Å²) in [4.78, 5) is 0.246. The van der Waals surface area contributed by atoms with Crippen molar-refractivity contribution >= 4 is 10.0 Å². The van der Waals surface area contributed by atoms with E-state index in [2.05, 4.69) is 10.2 Å². The Labute approximate surface area is 131 Å². The van der Waals surface area contributed by atoms with Crippen LogP contribution in [0.15, 0.2) is 11.1 Å². The molecular weight excluding hydrogens is 302 g/mol. The van der Waals surface area contributed by atoms with Gasteiger partial charge in [-0.2, -0.15) is 14.5 Å². The van der Waals surface area contributed by atoms with Gasteiger partial charge in [-0.1, -0.05) is 0 Å². The number of hydrogen-bond acceptors (Lipinski definition) is 4. The fourth-order valence-corrected chi connectivity index (χ4v) is 3.91. The topological polar surface area (TPSA) is 73.0 Å². The van der Waals surface area contributed by atoms with Crippen molar-refractivity contribution < 1.29 is 8.42 Å². The number of aryl methyl sites for hydroxylation is 4. The third-order valence-corrected chi connectivity index (χ3v) is 5.77. The first-order chi connectivity index (χ1) is 10.2. The lowest BCUT2D eigenvalue weighted by molar-refractivity contribution is 0.464. The Morgan fingerprint density at radius 3 is 2.27 bits per heavy atom. The summed E-state index contributed by atoms with van der Waals surface area (Å²) in [5.41, 5.74) is 3.33. The molecule has 0 unspecified atom stereocenters. The van der Waals surface area contributed by atoms with E-state index in [0.717, 1.165) is 23.5 Å². The standard InChI is InChI=1S/C14H23N5O2S/c1-7-19-12(4)13(10(2)16-19)8-18(6)22(20,21)14-9-17(5)15-11(14)3/h9H,7-8H2,1-6H3. The summed E-state index contributed by atoms with van der Waals surface area (Å²) in [5.74, 6) is 0. The zero-order valence-corrected chi connectivity index (χ0v) is 14.8. The Kier molecular flexibility index (Phi) is 4.44. The molecule has 2 aromatic rings. The first-order valence-electron chi connectivity index (χ1n) is 7.18. The number of hydrogen-bond donors (Lipinski definition) is 0. The molecule has 8 heteroatoms. The van der Waals surface area contributed by atoms with Gasteiger partial charge >= 0.3 is 0 Å². The fraction of sp³-hybridized carbons (Fsp3) is 0.571. The molecule has 0 N–H and O–H groups in total. The van der Waals surface area contributed by atoms with Crippen molar-refractivity contribution in [3.05, 3.63) is 28.8 Å². The lowest BCUT2D eigenvalue weighted by Gasteiger charge is -2.17. The van der Waals surface area contributed by atoms with Gasteiger partial charge in [0, 0.05) is 44.6 Å². The van der Waals surface area contributed by atoms with E-state index >= 15 is 0 Å². The zero-order chi connectivity index (χ0) is 16.7. The van der Waals surface area contributed by atoms with Gasteiger partial charge in [-0.25, -0.2) is 8.42 Å². The fourth-order valence-electron chi connectivity index (χ4n) is 2.58. The predicted octanol–water partition coefficient (Wildman–Crippen LogP) is 1.38. The highest BCUT2D eigenvalue weighted by Gasteiger charge is 2.26. The van der Waals surface area contributed by atoms with Crippen LogP contribution in [0.1, 0.15) is 29.6 Å². The minimum atomic E-state index is -3.57. The van der Waals surface area contributed by atoms with Crippen LogP contribution < -0.4 is 0 Å². The van der Waals surface area contributed by atoms with Crippen molar-refractivity contribution in [3.63, 3.8) is 0 Å². The molecule has 0 aromatic carbocycles. The Hall–Kier alpha value is -1.67. The Morgan fingerprint density at radius 2 is 1.82 bits per heavy atom. The minimum absolute atomic E-state index is 0.246. The monoisotopic (exact) mass is 325 g/mol. The zero-order valence-electron chi connectivity index (χ0n) is 14.0. The van der Waals surface area contributed by atoms with Gasteiger partial charge in [-0.05, 0) is 27.7 Å². The second-order valence-electron chi connectivity index (χ2n) is 5.48. The molecule has 0 aliphatic carbocycles. The predicted molar refractivity (Wildman–Crippen MR) is 84.0 cm³/mol. The molecule has 0 aliphatic heterocycles. The van der Waals surface area contributed by atoms with Gasteiger partial charge in [-0.3, -0.25) is 9.36 Å². The average molecular weight is 325 g/mol. The summed E-state index contributed by atoms with van der Waals surface area (Å²) >= 11 is 0. The molecule has 0 saturated heterocycles.